The van der Waals surface area contributed by atoms with Crippen LogP contribution in [0.15, 0.2) is 64.9 Å². The Balaban J connectivity index is 1.70. The molecule has 2 aliphatic heterocycles. The number of para-hydroxylation sites is 1. The van der Waals surface area contributed by atoms with Gasteiger partial charge >= 0.3 is 0 Å². The van der Waals surface area contributed by atoms with Crippen molar-refractivity contribution < 1.29 is 9.59 Å². The lowest BCUT2D eigenvalue weighted by atomic mass is 10.1. The van der Waals surface area contributed by atoms with Crippen LogP contribution < -0.4 is 9.91 Å². The lowest BCUT2D eigenvalue weighted by molar-refractivity contribution is -0.121. The standard InChI is InChI=1S/C16H11ClN4O2/c17-10-6-8-12(9-7-10)21-14-13(18-19-21)15(22)20(16(14)23)11-4-2-1-3-5-11/h1-9,13-14H/t13-,14-/m0/s1. The molecule has 2 atom stereocenters. The normalized spacial score (nSPS) is 22.8. The van der Waals surface area contributed by atoms with E-state index in [9.17, 15) is 9.59 Å². The first-order valence-electron chi connectivity index (χ1n) is 7.05. The molecule has 0 N–H and O–H groups in total. The van der Waals surface area contributed by atoms with Gasteiger partial charge in [-0.05, 0) is 36.4 Å². The highest BCUT2D eigenvalue weighted by molar-refractivity contribution is 6.30. The van der Waals surface area contributed by atoms with Crippen molar-refractivity contribution >= 4 is 34.8 Å². The Hall–Kier alpha value is -2.73. The van der Waals surface area contributed by atoms with Crippen LogP contribution in [0.25, 0.3) is 0 Å². The van der Waals surface area contributed by atoms with Crippen molar-refractivity contribution in [1.82, 2.24) is 0 Å². The maximum Gasteiger partial charge on any atom is 0.263 e. The van der Waals surface area contributed by atoms with Crippen molar-refractivity contribution in [2.75, 3.05) is 9.91 Å². The molecular formula is C16H11ClN4O2. The van der Waals surface area contributed by atoms with E-state index in [2.05, 4.69) is 10.3 Å². The van der Waals surface area contributed by atoms with Crippen LogP contribution in [-0.4, -0.2) is 23.9 Å². The molecule has 1 saturated heterocycles. The van der Waals surface area contributed by atoms with Gasteiger partial charge in [-0.1, -0.05) is 35.0 Å². The highest BCUT2D eigenvalue weighted by Crippen LogP contribution is 2.34. The number of anilines is 2. The summed E-state index contributed by atoms with van der Waals surface area (Å²) in [6.45, 7) is 0. The average Bonchev–Trinajstić information content (AvgIpc) is 3.10. The second-order valence-electron chi connectivity index (χ2n) is 5.26. The Morgan fingerprint density at radius 1 is 0.870 bits per heavy atom. The van der Waals surface area contributed by atoms with E-state index in [1.165, 1.54) is 9.91 Å². The summed E-state index contributed by atoms with van der Waals surface area (Å²) in [4.78, 5) is 26.5. The van der Waals surface area contributed by atoms with Crippen molar-refractivity contribution in [3.63, 3.8) is 0 Å². The number of halogens is 1. The summed E-state index contributed by atoms with van der Waals surface area (Å²) in [5.74, 6) is -0.683. The third-order valence-corrected chi connectivity index (χ3v) is 4.14. The van der Waals surface area contributed by atoms with Gasteiger partial charge in [-0.2, -0.15) is 5.11 Å². The van der Waals surface area contributed by atoms with Crippen molar-refractivity contribution in [3.05, 3.63) is 59.6 Å². The Kier molecular flexibility index (Phi) is 3.12. The number of rotatable bonds is 2. The predicted octanol–water partition coefficient (Wildman–Crippen LogP) is 2.84. The number of nitrogens with zero attached hydrogens (tertiary/aromatic N) is 4. The van der Waals surface area contributed by atoms with E-state index in [4.69, 9.17) is 11.6 Å². The molecule has 1 fully saturated rings. The van der Waals surface area contributed by atoms with Crippen LogP contribution in [0.5, 0.6) is 0 Å². The van der Waals surface area contributed by atoms with Gasteiger partial charge in [-0.25, -0.2) is 9.91 Å². The van der Waals surface area contributed by atoms with Gasteiger partial charge in [0.15, 0.2) is 12.1 Å². The molecule has 6 nitrogen and oxygen atoms in total. The lowest BCUT2D eigenvalue weighted by Gasteiger charge is -2.20. The summed E-state index contributed by atoms with van der Waals surface area (Å²) in [6.07, 6.45) is 0. The van der Waals surface area contributed by atoms with Gasteiger partial charge in [-0.3, -0.25) is 9.59 Å². The summed E-state index contributed by atoms with van der Waals surface area (Å²) >= 11 is 5.88. The predicted molar refractivity (Wildman–Crippen MR) is 85.3 cm³/mol. The minimum absolute atomic E-state index is 0.328. The van der Waals surface area contributed by atoms with E-state index in [-0.39, 0.29) is 11.8 Å². The Bertz CT molecular complexity index is 807. The Labute approximate surface area is 136 Å². The molecule has 0 spiro atoms. The largest absolute Gasteiger partial charge is 0.271 e. The molecule has 114 valence electrons. The van der Waals surface area contributed by atoms with Crippen LogP contribution in [0.3, 0.4) is 0 Å². The number of benzene rings is 2. The van der Waals surface area contributed by atoms with Gasteiger partial charge in [0, 0.05) is 5.02 Å². The molecule has 4 rings (SSSR count). The molecule has 2 aliphatic rings. The number of imide groups is 1. The van der Waals surface area contributed by atoms with E-state index in [1.807, 2.05) is 6.07 Å². The van der Waals surface area contributed by atoms with Crippen LogP contribution in [0, 0.1) is 0 Å². The first-order valence-corrected chi connectivity index (χ1v) is 7.43. The van der Waals surface area contributed by atoms with E-state index in [0.717, 1.165) is 0 Å². The third-order valence-electron chi connectivity index (χ3n) is 3.89. The molecule has 2 amide bonds. The van der Waals surface area contributed by atoms with Gasteiger partial charge in [0.1, 0.15) is 0 Å². The van der Waals surface area contributed by atoms with Crippen LogP contribution >= 0.6 is 11.6 Å². The Morgan fingerprint density at radius 2 is 1.57 bits per heavy atom. The smallest absolute Gasteiger partial charge is 0.263 e. The van der Waals surface area contributed by atoms with Crippen molar-refractivity contribution in [1.29, 1.82) is 0 Å². The third kappa shape index (κ3) is 2.10. The van der Waals surface area contributed by atoms with E-state index >= 15 is 0 Å². The number of carbonyl (C=O) groups excluding carboxylic acids is 2. The van der Waals surface area contributed by atoms with Gasteiger partial charge in [0.25, 0.3) is 11.8 Å². The minimum Gasteiger partial charge on any atom is -0.271 e. The average molecular weight is 327 g/mol. The topological polar surface area (TPSA) is 65.3 Å². The molecule has 2 aromatic rings. The van der Waals surface area contributed by atoms with Crippen LogP contribution in [0.2, 0.25) is 5.02 Å². The van der Waals surface area contributed by atoms with Crippen molar-refractivity contribution in [2.24, 2.45) is 10.3 Å². The lowest BCUT2D eigenvalue weighted by Crippen LogP contribution is -2.39. The number of hydrogen-bond donors (Lipinski definition) is 0. The van der Waals surface area contributed by atoms with Gasteiger partial charge in [-0.15, -0.1) is 0 Å². The van der Waals surface area contributed by atoms with Gasteiger partial charge in [0.2, 0.25) is 0 Å². The van der Waals surface area contributed by atoms with E-state index in [0.29, 0.717) is 16.4 Å². The first kappa shape index (κ1) is 13.9. The number of amides is 2. The zero-order valence-corrected chi connectivity index (χ0v) is 12.6. The summed E-state index contributed by atoms with van der Waals surface area (Å²) in [5.41, 5.74) is 1.21. The van der Waals surface area contributed by atoms with Gasteiger partial charge in [0.05, 0.1) is 11.4 Å². The number of hydrogen-bond acceptors (Lipinski definition) is 5. The molecule has 2 aromatic carbocycles. The number of fused-ring (bicyclic) bond motifs is 1. The monoisotopic (exact) mass is 326 g/mol. The zero-order chi connectivity index (χ0) is 16.0. The molecule has 2 heterocycles. The summed E-state index contributed by atoms with van der Waals surface area (Å²) in [6, 6.07) is 14.2. The molecule has 0 aliphatic carbocycles. The first-order chi connectivity index (χ1) is 11.2. The SMILES string of the molecule is O=C1[C@H]2N=NN(c3ccc(Cl)cc3)[C@@H]2C(=O)N1c1ccccc1. The van der Waals surface area contributed by atoms with Crippen molar-refractivity contribution in [2.45, 2.75) is 12.1 Å². The maximum absolute atomic E-state index is 12.8. The molecule has 7 heteroatoms. The molecule has 0 unspecified atom stereocenters. The highest BCUT2D eigenvalue weighted by Gasteiger charge is 2.55. The van der Waals surface area contributed by atoms with Gasteiger partial charge < -0.3 is 0 Å². The highest BCUT2D eigenvalue weighted by atomic mass is 35.5. The van der Waals surface area contributed by atoms with Crippen LogP contribution in [-0.2, 0) is 9.59 Å². The molecule has 0 saturated carbocycles. The van der Waals surface area contributed by atoms with Crippen LogP contribution in [0.1, 0.15) is 0 Å². The molecule has 23 heavy (non-hydrogen) atoms. The fraction of sp³-hybridized carbons (Fsp3) is 0.125. The fourth-order valence-electron chi connectivity index (χ4n) is 2.80. The second-order valence-corrected chi connectivity index (χ2v) is 5.70. The number of carbonyl (C=O) groups is 2. The Morgan fingerprint density at radius 3 is 2.26 bits per heavy atom. The molecule has 0 aromatic heterocycles. The molecule has 0 bridgehead atoms. The summed E-state index contributed by atoms with van der Waals surface area (Å²) in [5, 5.41) is 10.0. The zero-order valence-electron chi connectivity index (χ0n) is 11.8. The summed E-state index contributed by atoms with van der Waals surface area (Å²) < 4.78 is 0. The van der Waals surface area contributed by atoms with E-state index < -0.39 is 12.1 Å². The quantitative estimate of drug-likeness (QED) is 0.797. The van der Waals surface area contributed by atoms with Crippen molar-refractivity contribution in [3.8, 4) is 0 Å². The molecular weight excluding hydrogens is 316 g/mol. The molecule has 0 radical (unpaired) electrons. The minimum atomic E-state index is -0.807. The maximum atomic E-state index is 12.8. The second kappa shape index (κ2) is 5.17. The van der Waals surface area contributed by atoms with E-state index in [1.54, 1.807) is 48.5 Å². The van der Waals surface area contributed by atoms with Crippen LogP contribution in [0.4, 0.5) is 11.4 Å². The fourth-order valence-corrected chi connectivity index (χ4v) is 2.92. The summed E-state index contributed by atoms with van der Waals surface area (Å²) in [7, 11) is 0.